The van der Waals surface area contributed by atoms with Crippen molar-refractivity contribution >= 4 is 11.7 Å². The Labute approximate surface area is 101 Å². The average Bonchev–Trinajstić information content (AvgIpc) is 2.38. The predicted octanol–water partition coefficient (Wildman–Crippen LogP) is -0.102. The first-order chi connectivity index (χ1) is 8.22. The maximum Gasteiger partial charge on any atom is 0.239 e. The van der Waals surface area contributed by atoms with E-state index in [1.165, 1.54) is 0 Å². The lowest BCUT2D eigenvalue weighted by Gasteiger charge is -2.23. The van der Waals surface area contributed by atoms with E-state index in [4.69, 9.17) is 5.73 Å². The summed E-state index contributed by atoms with van der Waals surface area (Å²) in [6.07, 6.45) is 4.15. The van der Waals surface area contributed by atoms with E-state index < -0.39 is 0 Å². The molecule has 0 spiro atoms. The van der Waals surface area contributed by atoms with E-state index in [0.717, 1.165) is 13.0 Å². The van der Waals surface area contributed by atoms with Crippen molar-refractivity contribution in [2.45, 2.75) is 19.9 Å². The molecule has 0 bridgehead atoms. The molecule has 0 saturated carbocycles. The van der Waals surface area contributed by atoms with Crippen molar-refractivity contribution in [1.82, 2.24) is 15.3 Å². The Morgan fingerprint density at radius 3 is 2.76 bits per heavy atom. The van der Waals surface area contributed by atoms with Gasteiger partial charge >= 0.3 is 0 Å². The standard InChI is InChI=1S/C11H19N5O/c1-3-6-16(8-10(17)13-2)11-9(7-12)14-4-5-15-11/h4-5H,3,6-8,12H2,1-2H3,(H,13,17). The van der Waals surface area contributed by atoms with Crippen molar-refractivity contribution in [3.63, 3.8) is 0 Å². The van der Waals surface area contributed by atoms with Gasteiger partial charge in [0.1, 0.15) is 0 Å². The molecule has 1 rings (SSSR count). The lowest BCUT2D eigenvalue weighted by molar-refractivity contribution is -0.119. The fourth-order valence-electron chi connectivity index (χ4n) is 1.55. The number of hydrogen-bond donors (Lipinski definition) is 2. The van der Waals surface area contributed by atoms with Crippen LogP contribution >= 0.6 is 0 Å². The summed E-state index contributed by atoms with van der Waals surface area (Å²) in [6, 6.07) is 0. The molecular weight excluding hydrogens is 218 g/mol. The van der Waals surface area contributed by atoms with Gasteiger partial charge in [-0.3, -0.25) is 9.78 Å². The van der Waals surface area contributed by atoms with Gasteiger partial charge in [-0.1, -0.05) is 6.92 Å². The van der Waals surface area contributed by atoms with E-state index in [2.05, 4.69) is 22.2 Å². The Hall–Kier alpha value is -1.69. The molecule has 0 aliphatic heterocycles. The van der Waals surface area contributed by atoms with Crippen molar-refractivity contribution in [1.29, 1.82) is 0 Å². The number of carbonyl (C=O) groups is 1. The second kappa shape index (κ2) is 6.80. The van der Waals surface area contributed by atoms with Crippen LogP contribution in [0.4, 0.5) is 5.82 Å². The molecule has 6 heteroatoms. The molecule has 1 heterocycles. The van der Waals surface area contributed by atoms with Gasteiger partial charge in [0.2, 0.25) is 5.91 Å². The molecule has 0 unspecified atom stereocenters. The van der Waals surface area contributed by atoms with Gasteiger partial charge in [-0.15, -0.1) is 0 Å². The molecule has 3 N–H and O–H groups in total. The van der Waals surface area contributed by atoms with Crippen molar-refractivity contribution in [2.24, 2.45) is 5.73 Å². The van der Waals surface area contributed by atoms with E-state index in [1.54, 1.807) is 19.4 Å². The Balaban J connectivity index is 2.91. The second-order valence-corrected chi connectivity index (χ2v) is 3.63. The molecule has 6 nitrogen and oxygen atoms in total. The van der Waals surface area contributed by atoms with Crippen LogP contribution < -0.4 is 16.0 Å². The van der Waals surface area contributed by atoms with E-state index in [-0.39, 0.29) is 12.5 Å². The van der Waals surface area contributed by atoms with E-state index >= 15 is 0 Å². The third-order valence-corrected chi connectivity index (χ3v) is 2.35. The minimum Gasteiger partial charge on any atom is -0.358 e. The monoisotopic (exact) mass is 237 g/mol. The van der Waals surface area contributed by atoms with Crippen LogP contribution in [0.3, 0.4) is 0 Å². The molecule has 0 saturated heterocycles. The number of hydrogen-bond acceptors (Lipinski definition) is 5. The first-order valence-corrected chi connectivity index (χ1v) is 5.68. The minimum absolute atomic E-state index is 0.0490. The topological polar surface area (TPSA) is 84.1 Å². The minimum atomic E-state index is -0.0490. The van der Waals surface area contributed by atoms with E-state index in [9.17, 15) is 4.79 Å². The van der Waals surface area contributed by atoms with E-state index in [0.29, 0.717) is 18.1 Å². The van der Waals surface area contributed by atoms with Crippen LogP contribution in [0.15, 0.2) is 12.4 Å². The molecular formula is C11H19N5O. The van der Waals surface area contributed by atoms with Crippen LogP contribution in [0.5, 0.6) is 0 Å². The summed E-state index contributed by atoms with van der Waals surface area (Å²) >= 11 is 0. The number of nitrogens with two attached hydrogens (primary N) is 1. The average molecular weight is 237 g/mol. The molecule has 0 aliphatic rings. The molecule has 0 fully saturated rings. The summed E-state index contributed by atoms with van der Waals surface area (Å²) < 4.78 is 0. The van der Waals surface area contributed by atoms with Crippen LogP contribution in [0.1, 0.15) is 19.0 Å². The molecule has 0 radical (unpaired) electrons. The summed E-state index contributed by atoms with van der Waals surface area (Å²) in [5, 5.41) is 2.60. The number of aromatic nitrogens is 2. The lowest BCUT2D eigenvalue weighted by atomic mass is 10.3. The maximum atomic E-state index is 11.4. The third kappa shape index (κ3) is 3.67. The Kier molecular flexibility index (Phi) is 5.35. The number of likely N-dealkylation sites (N-methyl/N-ethyl adjacent to an activating group) is 1. The second-order valence-electron chi connectivity index (χ2n) is 3.63. The highest BCUT2D eigenvalue weighted by atomic mass is 16.1. The third-order valence-electron chi connectivity index (χ3n) is 2.35. The normalized spacial score (nSPS) is 10.1. The molecule has 1 aromatic heterocycles. The van der Waals surface area contributed by atoms with E-state index in [1.807, 2.05) is 4.90 Å². The van der Waals surface area contributed by atoms with Crippen LogP contribution in [0, 0.1) is 0 Å². The van der Waals surface area contributed by atoms with Gasteiger partial charge in [-0.2, -0.15) is 0 Å². The molecule has 1 amide bonds. The van der Waals surface area contributed by atoms with Crippen LogP contribution in [0.25, 0.3) is 0 Å². The molecule has 0 aliphatic carbocycles. The number of nitrogens with one attached hydrogen (secondary N) is 1. The Bertz CT molecular complexity index is 369. The molecule has 0 atom stereocenters. The van der Waals surface area contributed by atoms with Gasteiger partial charge < -0.3 is 16.0 Å². The quantitative estimate of drug-likeness (QED) is 0.721. The maximum absolute atomic E-state index is 11.4. The summed E-state index contributed by atoms with van der Waals surface area (Å²) in [5.41, 5.74) is 6.33. The fraction of sp³-hybridized carbons (Fsp3) is 0.545. The van der Waals surface area contributed by atoms with Crippen molar-refractivity contribution < 1.29 is 4.79 Å². The number of amides is 1. The first kappa shape index (κ1) is 13.4. The smallest absolute Gasteiger partial charge is 0.239 e. The lowest BCUT2D eigenvalue weighted by Crippen LogP contribution is -2.37. The summed E-state index contributed by atoms with van der Waals surface area (Å²) in [4.78, 5) is 21.8. The van der Waals surface area contributed by atoms with Gasteiger partial charge in [-0.25, -0.2) is 4.98 Å². The fourth-order valence-corrected chi connectivity index (χ4v) is 1.55. The summed E-state index contributed by atoms with van der Waals surface area (Å²) in [7, 11) is 1.62. The van der Waals surface area contributed by atoms with Crippen molar-refractivity contribution in [2.75, 3.05) is 25.0 Å². The van der Waals surface area contributed by atoms with Crippen LogP contribution in [-0.4, -0.2) is 36.0 Å². The van der Waals surface area contributed by atoms with Crippen molar-refractivity contribution in [3.05, 3.63) is 18.1 Å². The highest BCUT2D eigenvalue weighted by molar-refractivity contribution is 5.80. The van der Waals surface area contributed by atoms with Crippen LogP contribution in [0.2, 0.25) is 0 Å². The molecule has 17 heavy (non-hydrogen) atoms. The molecule has 0 aromatic carbocycles. The zero-order valence-corrected chi connectivity index (χ0v) is 10.3. The highest BCUT2D eigenvalue weighted by Crippen LogP contribution is 2.14. The van der Waals surface area contributed by atoms with Gasteiger partial charge in [-0.05, 0) is 6.42 Å². The van der Waals surface area contributed by atoms with Crippen molar-refractivity contribution in [3.8, 4) is 0 Å². The zero-order chi connectivity index (χ0) is 12.7. The van der Waals surface area contributed by atoms with Crippen LogP contribution in [-0.2, 0) is 11.3 Å². The van der Waals surface area contributed by atoms with Gasteiger partial charge in [0.05, 0.1) is 12.2 Å². The number of nitrogens with zero attached hydrogens (tertiary/aromatic N) is 3. The predicted molar refractivity (Wildman–Crippen MR) is 66.5 cm³/mol. The SMILES string of the molecule is CCCN(CC(=O)NC)c1nccnc1CN. The Morgan fingerprint density at radius 2 is 2.18 bits per heavy atom. The number of anilines is 1. The largest absolute Gasteiger partial charge is 0.358 e. The number of rotatable bonds is 6. The van der Waals surface area contributed by atoms with Gasteiger partial charge in [0.15, 0.2) is 5.82 Å². The highest BCUT2D eigenvalue weighted by Gasteiger charge is 2.14. The summed E-state index contributed by atoms with van der Waals surface area (Å²) in [6.45, 7) is 3.39. The zero-order valence-electron chi connectivity index (χ0n) is 10.3. The molecule has 1 aromatic rings. The van der Waals surface area contributed by atoms with Gasteiger partial charge in [0.25, 0.3) is 0 Å². The summed E-state index contributed by atoms with van der Waals surface area (Å²) in [5.74, 6) is 0.646. The first-order valence-electron chi connectivity index (χ1n) is 5.68. The van der Waals surface area contributed by atoms with Gasteiger partial charge in [0, 0.05) is 32.5 Å². The Morgan fingerprint density at radius 1 is 1.47 bits per heavy atom. The number of carbonyl (C=O) groups excluding carboxylic acids is 1. The molecule has 94 valence electrons.